The van der Waals surface area contributed by atoms with Crippen LogP contribution in [-0.2, 0) is 4.79 Å². The van der Waals surface area contributed by atoms with Crippen LogP contribution in [0.25, 0.3) is 0 Å². The topological polar surface area (TPSA) is 91.3 Å². The summed E-state index contributed by atoms with van der Waals surface area (Å²) in [5.74, 6) is -1.53. The minimum Gasteiger partial charge on any atom is -0.481 e. The van der Waals surface area contributed by atoms with E-state index < -0.39 is 17.9 Å². The second-order valence-electron chi connectivity index (χ2n) is 3.86. The number of nitrogens with zero attached hydrogens (tertiary/aromatic N) is 1. The largest absolute Gasteiger partial charge is 0.481 e. The first kappa shape index (κ1) is 13.4. The molecule has 0 saturated heterocycles. The van der Waals surface area contributed by atoms with Gasteiger partial charge in [0, 0.05) is 18.1 Å². The number of rotatable bonds is 5. The fraction of sp³-hybridized carbons (Fsp3) is 0.500. The Hall–Kier alpha value is -1.63. The smallest absolute Gasteiger partial charge is 0.321 e. The molecule has 2 amide bonds. The Morgan fingerprint density at radius 2 is 2.24 bits per heavy atom. The molecule has 17 heavy (non-hydrogen) atoms. The fourth-order valence-electron chi connectivity index (χ4n) is 1.24. The molecule has 0 aliphatic heterocycles. The average Bonchev–Trinajstić information content (AvgIpc) is 2.69. The molecule has 1 aromatic heterocycles. The van der Waals surface area contributed by atoms with Gasteiger partial charge in [-0.15, -0.1) is 11.3 Å². The van der Waals surface area contributed by atoms with E-state index in [0.717, 1.165) is 0 Å². The van der Waals surface area contributed by atoms with Gasteiger partial charge in [0.15, 0.2) is 5.13 Å². The van der Waals surface area contributed by atoms with Gasteiger partial charge in [-0.2, -0.15) is 0 Å². The molecule has 1 aromatic rings. The fourth-order valence-corrected chi connectivity index (χ4v) is 1.76. The van der Waals surface area contributed by atoms with Crippen molar-refractivity contribution in [2.24, 2.45) is 11.8 Å². The van der Waals surface area contributed by atoms with Crippen molar-refractivity contribution in [3.05, 3.63) is 11.6 Å². The van der Waals surface area contributed by atoms with Gasteiger partial charge in [-0.3, -0.25) is 10.1 Å². The Kier molecular flexibility index (Phi) is 4.89. The number of nitrogens with one attached hydrogen (secondary N) is 2. The Bertz CT molecular complexity index is 378. The van der Waals surface area contributed by atoms with Crippen LogP contribution in [0.15, 0.2) is 11.6 Å². The molecular weight excluding hydrogens is 242 g/mol. The number of aliphatic carboxylic acids is 1. The third kappa shape index (κ3) is 4.39. The van der Waals surface area contributed by atoms with Crippen molar-refractivity contribution in [3.8, 4) is 0 Å². The van der Waals surface area contributed by atoms with Crippen LogP contribution in [0.2, 0.25) is 0 Å². The predicted molar refractivity (Wildman–Crippen MR) is 65.1 cm³/mol. The number of carboxylic acids is 1. The van der Waals surface area contributed by atoms with E-state index >= 15 is 0 Å². The van der Waals surface area contributed by atoms with E-state index in [1.807, 2.05) is 0 Å². The first-order valence-corrected chi connectivity index (χ1v) is 6.05. The first-order valence-electron chi connectivity index (χ1n) is 5.18. The molecule has 1 atom stereocenters. The maximum Gasteiger partial charge on any atom is 0.321 e. The van der Waals surface area contributed by atoms with Crippen LogP contribution in [0, 0.1) is 11.8 Å². The molecule has 0 saturated carbocycles. The van der Waals surface area contributed by atoms with Gasteiger partial charge in [-0.1, -0.05) is 13.8 Å². The van der Waals surface area contributed by atoms with Gasteiger partial charge >= 0.3 is 12.0 Å². The molecule has 0 aromatic carbocycles. The third-order valence-electron chi connectivity index (χ3n) is 2.26. The van der Waals surface area contributed by atoms with E-state index in [1.54, 1.807) is 25.4 Å². The van der Waals surface area contributed by atoms with Crippen molar-refractivity contribution in [3.63, 3.8) is 0 Å². The molecule has 0 bridgehead atoms. The summed E-state index contributed by atoms with van der Waals surface area (Å²) in [5.41, 5.74) is 0. The lowest BCUT2D eigenvalue weighted by molar-refractivity contribution is -0.142. The van der Waals surface area contributed by atoms with E-state index in [-0.39, 0.29) is 12.5 Å². The molecule has 1 unspecified atom stereocenters. The predicted octanol–water partition coefficient (Wildman–Crippen LogP) is 1.62. The Balaban J connectivity index is 2.39. The van der Waals surface area contributed by atoms with Crippen molar-refractivity contribution in [1.82, 2.24) is 10.3 Å². The molecule has 6 nitrogen and oxygen atoms in total. The SMILES string of the molecule is CC(C)C(CNC(=O)Nc1nccs1)C(=O)O. The van der Waals surface area contributed by atoms with E-state index in [0.29, 0.717) is 5.13 Å². The van der Waals surface area contributed by atoms with Crippen LogP contribution in [0.5, 0.6) is 0 Å². The number of hydrogen-bond acceptors (Lipinski definition) is 4. The molecular formula is C10H15N3O3S. The zero-order valence-electron chi connectivity index (χ0n) is 9.64. The summed E-state index contributed by atoms with van der Waals surface area (Å²) in [7, 11) is 0. The van der Waals surface area contributed by atoms with E-state index in [1.165, 1.54) is 11.3 Å². The number of carbonyl (C=O) groups excluding carboxylic acids is 1. The third-order valence-corrected chi connectivity index (χ3v) is 2.95. The molecule has 7 heteroatoms. The standard InChI is InChI=1S/C10H15N3O3S/c1-6(2)7(8(14)15)5-12-9(16)13-10-11-3-4-17-10/h3-4,6-7H,5H2,1-2H3,(H,14,15)(H2,11,12,13,16). The zero-order chi connectivity index (χ0) is 12.8. The molecule has 0 aliphatic rings. The zero-order valence-corrected chi connectivity index (χ0v) is 10.5. The van der Waals surface area contributed by atoms with Gasteiger partial charge in [0.05, 0.1) is 5.92 Å². The molecule has 0 spiro atoms. The summed E-state index contributed by atoms with van der Waals surface area (Å²) in [4.78, 5) is 26.2. The molecule has 1 heterocycles. The number of hydrogen-bond donors (Lipinski definition) is 3. The normalized spacial score (nSPS) is 12.2. The Morgan fingerprint density at radius 1 is 1.53 bits per heavy atom. The molecule has 94 valence electrons. The minimum atomic E-state index is -0.908. The summed E-state index contributed by atoms with van der Waals surface area (Å²) in [5, 5.41) is 16.2. The number of urea groups is 1. The quantitative estimate of drug-likeness (QED) is 0.747. The van der Waals surface area contributed by atoms with Crippen molar-refractivity contribution in [2.45, 2.75) is 13.8 Å². The van der Waals surface area contributed by atoms with Gasteiger partial charge in [-0.25, -0.2) is 9.78 Å². The number of thiazole rings is 1. The Labute approximate surface area is 103 Å². The minimum absolute atomic E-state index is 0.0346. The Morgan fingerprint density at radius 3 is 2.71 bits per heavy atom. The van der Waals surface area contributed by atoms with E-state index in [2.05, 4.69) is 15.6 Å². The lowest BCUT2D eigenvalue weighted by Crippen LogP contribution is -2.37. The maximum absolute atomic E-state index is 11.4. The second kappa shape index (κ2) is 6.19. The highest BCUT2D eigenvalue weighted by atomic mass is 32.1. The number of carboxylic acid groups (broad SMARTS) is 1. The van der Waals surface area contributed by atoms with Crippen molar-refractivity contribution >= 4 is 28.5 Å². The van der Waals surface area contributed by atoms with Crippen LogP contribution < -0.4 is 10.6 Å². The van der Waals surface area contributed by atoms with Crippen LogP contribution in [0.1, 0.15) is 13.8 Å². The van der Waals surface area contributed by atoms with Crippen molar-refractivity contribution in [1.29, 1.82) is 0 Å². The van der Waals surface area contributed by atoms with Gasteiger partial charge in [0.2, 0.25) is 0 Å². The summed E-state index contributed by atoms with van der Waals surface area (Å²) in [6, 6.07) is -0.438. The monoisotopic (exact) mass is 257 g/mol. The van der Waals surface area contributed by atoms with Gasteiger partial charge in [0.1, 0.15) is 0 Å². The van der Waals surface area contributed by atoms with Gasteiger partial charge < -0.3 is 10.4 Å². The van der Waals surface area contributed by atoms with Crippen LogP contribution in [-0.4, -0.2) is 28.6 Å². The summed E-state index contributed by atoms with van der Waals surface area (Å²) in [6.45, 7) is 3.71. The first-order chi connectivity index (χ1) is 8.00. The molecule has 0 radical (unpaired) electrons. The van der Waals surface area contributed by atoms with Gasteiger partial charge in [0.25, 0.3) is 0 Å². The summed E-state index contributed by atoms with van der Waals surface area (Å²) >= 11 is 1.30. The van der Waals surface area contributed by atoms with Crippen LogP contribution >= 0.6 is 11.3 Å². The maximum atomic E-state index is 11.4. The highest BCUT2D eigenvalue weighted by Gasteiger charge is 2.21. The molecule has 1 rings (SSSR count). The highest BCUT2D eigenvalue weighted by Crippen LogP contribution is 2.11. The van der Waals surface area contributed by atoms with E-state index in [4.69, 9.17) is 5.11 Å². The van der Waals surface area contributed by atoms with Gasteiger partial charge in [-0.05, 0) is 5.92 Å². The summed E-state index contributed by atoms with van der Waals surface area (Å²) < 4.78 is 0. The number of aromatic nitrogens is 1. The second-order valence-corrected chi connectivity index (χ2v) is 4.76. The molecule has 0 aliphatic carbocycles. The van der Waals surface area contributed by atoms with Crippen LogP contribution in [0.3, 0.4) is 0 Å². The van der Waals surface area contributed by atoms with Crippen LogP contribution in [0.4, 0.5) is 9.93 Å². The summed E-state index contributed by atoms with van der Waals surface area (Å²) in [6.07, 6.45) is 1.58. The lowest BCUT2D eigenvalue weighted by atomic mass is 9.96. The number of carbonyl (C=O) groups is 2. The molecule has 3 N–H and O–H groups in total. The van der Waals surface area contributed by atoms with Crippen molar-refractivity contribution in [2.75, 3.05) is 11.9 Å². The molecule has 0 fully saturated rings. The lowest BCUT2D eigenvalue weighted by Gasteiger charge is -2.16. The average molecular weight is 257 g/mol. The highest BCUT2D eigenvalue weighted by molar-refractivity contribution is 7.13. The van der Waals surface area contributed by atoms with Crippen molar-refractivity contribution < 1.29 is 14.7 Å². The number of amides is 2. The van der Waals surface area contributed by atoms with E-state index in [9.17, 15) is 9.59 Å². The number of anilines is 1.